The zero-order valence-electron chi connectivity index (χ0n) is 12.1. The molecule has 3 nitrogen and oxygen atoms in total. The normalized spacial score (nSPS) is 12.3. The van der Waals surface area contributed by atoms with Crippen molar-refractivity contribution in [3.8, 4) is 6.07 Å². The molecular weight excluding hydrogens is 340 g/mol. The first kappa shape index (κ1) is 16.0. The number of nitriles is 1. The van der Waals surface area contributed by atoms with E-state index >= 15 is 0 Å². The molecule has 0 saturated heterocycles. The van der Waals surface area contributed by atoms with Crippen molar-refractivity contribution in [1.82, 2.24) is 5.32 Å². The zero-order chi connectivity index (χ0) is 15.9. The van der Waals surface area contributed by atoms with Crippen molar-refractivity contribution in [2.75, 3.05) is 0 Å². The van der Waals surface area contributed by atoms with Crippen LogP contribution in [0.3, 0.4) is 0 Å². The number of nitrogens with one attached hydrogen (secondary N) is 1. The third-order valence-electron chi connectivity index (χ3n) is 3.22. The third kappa shape index (κ3) is 4.06. The average Bonchev–Trinajstić information content (AvgIpc) is 2.54. The van der Waals surface area contributed by atoms with E-state index in [4.69, 9.17) is 0 Å². The number of hydrogen-bond donors (Lipinski definition) is 1. The van der Waals surface area contributed by atoms with Gasteiger partial charge in [0.2, 0.25) is 0 Å². The second-order valence-electron chi connectivity index (χ2n) is 4.80. The molecule has 1 N–H and O–H groups in total. The molecule has 0 spiro atoms. The summed E-state index contributed by atoms with van der Waals surface area (Å²) in [5.41, 5.74) is 1.87. The van der Waals surface area contributed by atoms with Gasteiger partial charge in [-0.3, -0.25) is 4.79 Å². The van der Waals surface area contributed by atoms with E-state index in [1.165, 1.54) is 0 Å². The van der Waals surface area contributed by atoms with Gasteiger partial charge in [0.05, 0.1) is 6.04 Å². The molecule has 0 fully saturated rings. The van der Waals surface area contributed by atoms with Crippen LogP contribution >= 0.6 is 15.9 Å². The minimum atomic E-state index is -0.380. The number of carbonyl (C=O) groups excluding carboxylic acids is 1. The van der Waals surface area contributed by atoms with Crippen molar-refractivity contribution in [2.45, 2.75) is 13.0 Å². The van der Waals surface area contributed by atoms with E-state index < -0.39 is 0 Å². The van der Waals surface area contributed by atoms with Gasteiger partial charge in [0, 0.05) is 4.47 Å². The minimum absolute atomic E-state index is 0.0784. The SMILES string of the molecule is C[C@H](NC(=O)/C(C#N)=C\c1ccccc1Br)c1ccccc1. The fourth-order valence-electron chi connectivity index (χ4n) is 2.00. The minimum Gasteiger partial charge on any atom is -0.345 e. The highest BCUT2D eigenvalue weighted by Gasteiger charge is 2.14. The molecule has 0 heterocycles. The van der Waals surface area contributed by atoms with Crippen LogP contribution in [0.4, 0.5) is 0 Å². The van der Waals surface area contributed by atoms with Gasteiger partial charge in [-0.05, 0) is 30.2 Å². The highest BCUT2D eigenvalue weighted by atomic mass is 79.9. The molecule has 22 heavy (non-hydrogen) atoms. The molecule has 0 aliphatic heterocycles. The summed E-state index contributed by atoms with van der Waals surface area (Å²) < 4.78 is 0.839. The Morgan fingerprint density at radius 2 is 1.82 bits per heavy atom. The Morgan fingerprint density at radius 3 is 2.45 bits per heavy atom. The van der Waals surface area contributed by atoms with Crippen molar-refractivity contribution < 1.29 is 4.79 Å². The molecule has 2 aromatic carbocycles. The largest absolute Gasteiger partial charge is 0.345 e. The standard InChI is InChI=1S/C18H15BrN2O/c1-13(14-7-3-2-4-8-14)21-18(22)16(12-20)11-15-9-5-6-10-17(15)19/h2-11,13H,1H3,(H,21,22)/b16-11-/t13-/m0/s1. The Bertz CT molecular complexity index is 732. The molecule has 4 heteroatoms. The van der Waals surface area contributed by atoms with E-state index in [0.29, 0.717) is 0 Å². The van der Waals surface area contributed by atoms with Gasteiger partial charge in [0.1, 0.15) is 11.6 Å². The molecule has 2 rings (SSSR count). The first-order valence-corrected chi connectivity index (χ1v) is 7.63. The molecule has 0 bridgehead atoms. The summed E-state index contributed by atoms with van der Waals surface area (Å²) in [7, 11) is 0. The number of hydrogen-bond acceptors (Lipinski definition) is 2. The van der Waals surface area contributed by atoms with Crippen LogP contribution in [0, 0.1) is 11.3 Å². The molecule has 2 aromatic rings. The van der Waals surface area contributed by atoms with Gasteiger partial charge in [-0.2, -0.15) is 5.26 Å². The Balaban J connectivity index is 2.17. The van der Waals surface area contributed by atoms with Crippen LogP contribution in [0.15, 0.2) is 64.6 Å². The zero-order valence-corrected chi connectivity index (χ0v) is 13.7. The maximum atomic E-state index is 12.3. The van der Waals surface area contributed by atoms with Crippen LogP contribution < -0.4 is 5.32 Å². The van der Waals surface area contributed by atoms with Gasteiger partial charge < -0.3 is 5.32 Å². The van der Waals surface area contributed by atoms with E-state index in [-0.39, 0.29) is 17.5 Å². The molecule has 0 aliphatic carbocycles. The van der Waals surface area contributed by atoms with Crippen LogP contribution in [-0.4, -0.2) is 5.91 Å². The Kier molecular flexibility index (Phi) is 5.51. The number of amides is 1. The Labute approximate surface area is 138 Å². The molecular formula is C18H15BrN2O. The molecule has 110 valence electrons. The highest BCUT2D eigenvalue weighted by molar-refractivity contribution is 9.10. The summed E-state index contributed by atoms with van der Waals surface area (Å²) in [6, 6.07) is 18.9. The number of rotatable bonds is 4. The van der Waals surface area contributed by atoms with Gasteiger partial charge in [0.25, 0.3) is 5.91 Å². The summed E-state index contributed by atoms with van der Waals surface area (Å²) in [6.07, 6.45) is 1.58. The van der Waals surface area contributed by atoms with Crippen LogP contribution in [0.2, 0.25) is 0 Å². The Hall–Kier alpha value is -2.38. The molecule has 0 aliphatic rings. The highest BCUT2D eigenvalue weighted by Crippen LogP contribution is 2.19. The molecule has 1 amide bonds. The summed E-state index contributed by atoms with van der Waals surface area (Å²) in [5, 5.41) is 12.1. The lowest BCUT2D eigenvalue weighted by atomic mass is 10.1. The molecule has 0 unspecified atom stereocenters. The number of carbonyl (C=O) groups is 1. The summed E-state index contributed by atoms with van der Waals surface area (Å²) in [5.74, 6) is -0.380. The third-order valence-corrected chi connectivity index (χ3v) is 3.94. The molecule has 1 atom stereocenters. The van der Waals surface area contributed by atoms with Crippen LogP contribution in [-0.2, 0) is 4.79 Å². The Morgan fingerprint density at radius 1 is 1.18 bits per heavy atom. The first-order chi connectivity index (χ1) is 10.6. The maximum absolute atomic E-state index is 12.3. The maximum Gasteiger partial charge on any atom is 0.262 e. The second-order valence-corrected chi connectivity index (χ2v) is 5.65. The fourth-order valence-corrected chi connectivity index (χ4v) is 2.39. The molecule has 0 aromatic heterocycles. The van der Waals surface area contributed by atoms with Gasteiger partial charge in [-0.25, -0.2) is 0 Å². The lowest BCUT2D eigenvalue weighted by Crippen LogP contribution is -2.27. The number of nitrogens with zero attached hydrogens (tertiary/aromatic N) is 1. The molecule has 0 saturated carbocycles. The van der Waals surface area contributed by atoms with E-state index in [0.717, 1.165) is 15.6 Å². The van der Waals surface area contributed by atoms with E-state index in [2.05, 4.69) is 21.2 Å². The van der Waals surface area contributed by atoms with Crippen molar-refractivity contribution in [3.05, 3.63) is 75.8 Å². The number of halogens is 1. The van der Waals surface area contributed by atoms with Crippen molar-refractivity contribution in [1.29, 1.82) is 5.26 Å². The van der Waals surface area contributed by atoms with Gasteiger partial charge in [-0.1, -0.05) is 64.5 Å². The molecule has 0 radical (unpaired) electrons. The van der Waals surface area contributed by atoms with Crippen LogP contribution in [0.25, 0.3) is 6.08 Å². The predicted octanol–water partition coefficient (Wildman–Crippen LogP) is 4.23. The second kappa shape index (κ2) is 7.58. The van der Waals surface area contributed by atoms with Crippen molar-refractivity contribution >= 4 is 27.9 Å². The monoisotopic (exact) mass is 354 g/mol. The summed E-state index contributed by atoms with van der Waals surface area (Å²) in [4.78, 5) is 12.3. The lowest BCUT2D eigenvalue weighted by Gasteiger charge is -2.13. The lowest BCUT2D eigenvalue weighted by molar-refractivity contribution is -0.117. The van der Waals surface area contributed by atoms with E-state index in [1.54, 1.807) is 6.08 Å². The first-order valence-electron chi connectivity index (χ1n) is 6.84. The number of benzene rings is 2. The predicted molar refractivity (Wildman–Crippen MR) is 90.7 cm³/mol. The quantitative estimate of drug-likeness (QED) is 0.659. The van der Waals surface area contributed by atoms with Gasteiger partial charge in [0.15, 0.2) is 0 Å². The summed E-state index contributed by atoms with van der Waals surface area (Å²) in [6.45, 7) is 1.89. The van der Waals surface area contributed by atoms with Gasteiger partial charge >= 0.3 is 0 Å². The van der Waals surface area contributed by atoms with Crippen LogP contribution in [0.5, 0.6) is 0 Å². The topological polar surface area (TPSA) is 52.9 Å². The van der Waals surface area contributed by atoms with E-state index in [1.807, 2.05) is 67.6 Å². The van der Waals surface area contributed by atoms with Crippen molar-refractivity contribution in [2.24, 2.45) is 0 Å². The van der Waals surface area contributed by atoms with Gasteiger partial charge in [-0.15, -0.1) is 0 Å². The van der Waals surface area contributed by atoms with Crippen molar-refractivity contribution in [3.63, 3.8) is 0 Å². The smallest absolute Gasteiger partial charge is 0.262 e. The van der Waals surface area contributed by atoms with E-state index in [9.17, 15) is 10.1 Å². The summed E-state index contributed by atoms with van der Waals surface area (Å²) >= 11 is 3.40. The fraction of sp³-hybridized carbons (Fsp3) is 0.111. The van der Waals surface area contributed by atoms with Crippen LogP contribution in [0.1, 0.15) is 24.1 Å². The average molecular weight is 355 g/mol.